The lowest BCUT2D eigenvalue weighted by Crippen LogP contribution is -2.40. The number of aliphatic imine (C=N–C) groups is 1. The Morgan fingerprint density at radius 1 is 0.406 bits per heavy atom. The molecule has 12 N–H and O–H groups in total. The molecule has 1 aliphatic heterocycles. The van der Waals surface area contributed by atoms with Crippen LogP contribution >= 0.6 is 104 Å². The van der Waals surface area contributed by atoms with E-state index in [0.29, 0.717) is 80.9 Å². The van der Waals surface area contributed by atoms with Gasteiger partial charge in [-0.05, 0) is 109 Å². The van der Waals surface area contributed by atoms with E-state index < -0.39 is 35.4 Å². The van der Waals surface area contributed by atoms with Crippen LogP contribution in [-0.4, -0.2) is 106 Å². The predicted molar refractivity (Wildman–Crippen MR) is 381 cm³/mol. The van der Waals surface area contributed by atoms with Crippen LogP contribution in [0.3, 0.4) is 0 Å². The highest BCUT2D eigenvalue weighted by atomic mass is 35.5. The summed E-state index contributed by atoms with van der Waals surface area (Å²) in [5.74, 6) is -1.73. The average molecular weight is 1470 g/mol. The van der Waals surface area contributed by atoms with Gasteiger partial charge >= 0.3 is 0 Å². The number of hydrogen-bond donors (Lipinski definition) is 10. The topological polar surface area (TPSA) is 338 Å². The first-order valence-electron chi connectivity index (χ1n) is 27.8. The number of nitrogen functional groups attached to an aromatic ring is 1. The Morgan fingerprint density at radius 2 is 0.708 bits per heavy atom. The fraction of sp³-hybridized carbons (Fsp3) is 0.0769. The molecule has 6 amide bonds. The van der Waals surface area contributed by atoms with E-state index in [1.165, 1.54) is 79.3 Å². The van der Waals surface area contributed by atoms with Gasteiger partial charge in [-0.25, -0.2) is 15.0 Å². The van der Waals surface area contributed by atoms with Crippen molar-refractivity contribution in [3.8, 4) is 0 Å². The molecule has 0 bridgehead atoms. The quantitative estimate of drug-likeness (QED) is 0.0337. The molecule has 1 saturated heterocycles. The summed E-state index contributed by atoms with van der Waals surface area (Å²) in [5.41, 5.74) is 14.5. The van der Waals surface area contributed by atoms with Gasteiger partial charge in [-0.15, -0.1) is 0 Å². The summed E-state index contributed by atoms with van der Waals surface area (Å²) in [4.78, 5) is 94.8. The molecule has 490 valence electrons. The second-order valence-electron chi connectivity index (χ2n) is 19.9. The van der Waals surface area contributed by atoms with Crippen molar-refractivity contribution in [3.05, 3.63) is 259 Å². The molecule has 0 unspecified atom stereocenters. The van der Waals surface area contributed by atoms with Gasteiger partial charge in [0.2, 0.25) is 0 Å². The van der Waals surface area contributed by atoms with E-state index in [1.54, 1.807) is 92.0 Å². The number of nitrogens with two attached hydrogens (primary N) is 2. The van der Waals surface area contributed by atoms with Gasteiger partial charge in [0.1, 0.15) is 35.0 Å². The Hall–Kier alpha value is -9.43. The predicted octanol–water partition coefficient (Wildman–Crippen LogP) is 14.9. The van der Waals surface area contributed by atoms with Gasteiger partial charge in [0.25, 0.3) is 35.4 Å². The molecule has 3 aromatic heterocycles. The van der Waals surface area contributed by atoms with Crippen molar-refractivity contribution in [2.24, 2.45) is 16.5 Å². The maximum Gasteiger partial charge on any atom is 0.259 e. The van der Waals surface area contributed by atoms with Gasteiger partial charge in [0.15, 0.2) is 0 Å². The molecule has 0 aliphatic carbocycles. The normalized spacial score (nSPS) is 11.7. The Kier molecular flexibility index (Phi) is 25.5. The standard InChI is InChI=1S/C24H20Cl3N5O3.C21H16Cl3N5O2.C20H14Cl3N5O2/c25-16-5-6-20(29-13-16)30-24(34)18-11-17(26)12-19(27)21(18)31-23(33)15-3-1-14(2-4-15)22(28)32-7-9-35-10-8-32;1-26-19(25)11-2-4-12(5-3-11)20(30)29-18-15(8-14(23)9-16(18)24)21(31)28-17-7-6-13(22)10-27-17;21-12-5-6-16(26-9-12)27-20(30)14-7-13(22)8-15(23)17(14)28-19(29)11-3-1-10(2-4-11)18(24)25/h1-6,11-13,28H,7-10H2,(H,31,33)(H,29,30,34);2-10H,1H3,(H2,25,26)(H,29,30)(H,27,28,31);1-9H,(H3,24,25)(H,28,29)(H,26,27,30). The van der Waals surface area contributed by atoms with Crippen LogP contribution in [0.5, 0.6) is 0 Å². The second kappa shape index (κ2) is 33.8. The smallest absolute Gasteiger partial charge is 0.259 e. The first kappa shape index (κ1) is 72.4. The summed E-state index contributed by atoms with van der Waals surface area (Å²) in [6, 6.07) is 37.0. The SMILES string of the molecule is CN=C(N)c1ccc(C(=O)Nc2c(Cl)cc(Cl)cc2C(=O)Nc2ccc(Cl)cn2)cc1.N=C(N)c1ccc(C(=O)Nc2c(Cl)cc(Cl)cc2C(=O)Nc2ccc(Cl)cn2)cc1.N=C(c1ccc(C(=O)Nc2c(Cl)cc(Cl)cc2C(=O)Nc2ccc(Cl)cn2)cc1)N1CCOCC1. The maximum absolute atomic E-state index is 13.0. The number of benzene rings is 6. The van der Waals surface area contributed by atoms with Crippen LogP contribution < -0.4 is 43.4 Å². The van der Waals surface area contributed by atoms with Crippen molar-refractivity contribution in [3.63, 3.8) is 0 Å². The highest BCUT2D eigenvalue weighted by molar-refractivity contribution is 6.40. The van der Waals surface area contributed by atoms with E-state index in [9.17, 15) is 28.8 Å². The van der Waals surface area contributed by atoms with Gasteiger partial charge in [-0.1, -0.05) is 141 Å². The van der Waals surface area contributed by atoms with Crippen LogP contribution in [0.4, 0.5) is 34.5 Å². The van der Waals surface area contributed by atoms with Crippen molar-refractivity contribution in [2.75, 3.05) is 65.3 Å². The van der Waals surface area contributed by atoms with Crippen LogP contribution in [-0.2, 0) is 4.74 Å². The summed E-state index contributed by atoms with van der Waals surface area (Å²) >= 11 is 54.5. The summed E-state index contributed by atoms with van der Waals surface area (Å²) in [6.45, 7) is 2.45. The molecule has 4 heterocycles. The number of carbonyl (C=O) groups is 6. The van der Waals surface area contributed by atoms with Crippen LogP contribution in [0.15, 0.2) is 169 Å². The van der Waals surface area contributed by atoms with Crippen LogP contribution in [0.1, 0.15) is 78.8 Å². The Balaban J connectivity index is 0.000000185. The van der Waals surface area contributed by atoms with Gasteiger partial charge in [0, 0.05) is 87.2 Å². The third kappa shape index (κ3) is 19.8. The summed E-state index contributed by atoms with van der Waals surface area (Å²) in [7, 11) is 1.57. The molecule has 9 aromatic rings. The Labute approximate surface area is 592 Å². The zero-order chi connectivity index (χ0) is 69.3. The van der Waals surface area contributed by atoms with E-state index in [1.807, 2.05) is 4.90 Å². The largest absolute Gasteiger partial charge is 0.384 e. The van der Waals surface area contributed by atoms with Gasteiger partial charge in [0.05, 0.1) is 77.1 Å². The van der Waals surface area contributed by atoms with E-state index in [0.717, 1.165) is 0 Å². The summed E-state index contributed by atoms with van der Waals surface area (Å²) < 4.78 is 5.33. The third-order valence-electron chi connectivity index (χ3n) is 13.4. The Bertz CT molecular complexity index is 4460. The molecule has 22 nitrogen and oxygen atoms in total. The molecule has 1 aliphatic rings. The number of carbonyl (C=O) groups excluding carboxylic acids is 6. The number of nitrogens with zero attached hydrogens (tertiary/aromatic N) is 5. The van der Waals surface area contributed by atoms with Crippen molar-refractivity contribution < 1.29 is 33.5 Å². The Morgan fingerprint density at radius 3 is 1.00 bits per heavy atom. The second-order valence-corrected chi connectivity index (χ2v) is 23.8. The number of ether oxygens (including phenoxy) is 1. The number of aromatic nitrogens is 3. The van der Waals surface area contributed by atoms with Gasteiger partial charge in [-0.2, -0.15) is 0 Å². The van der Waals surface area contributed by atoms with Crippen molar-refractivity contribution in [2.45, 2.75) is 0 Å². The van der Waals surface area contributed by atoms with E-state index >= 15 is 0 Å². The molecule has 0 spiro atoms. The summed E-state index contributed by atoms with van der Waals surface area (Å²) in [5, 5.41) is 33.9. The number of amides is 6. The molecule has 0 saturated carbocycles. The van der Waals surface area contributed by atoms with Gasteiger partial charge in [-0.3, -0.25) is 44.6 Å². The summed E-state index contributed by atoms with van der Waals surface area (Å²) in [6.07, 6.45) is 4.17. The number of halogens is 9. The zero-order valence-electron chi connectivity index (χ0n) is 49.6. The van der Waals surface area contributed by atoms with E-state index in [-0.39, 0.29) is 92.7 Å². The first-order valence-corrected chi connectivity index (χ1v) is 31.2. The first-order chi connectivity index (χ1) is 45.8. The molecule has 96 heavy (non-hydrogen) atoms. The molecule has 10 rings (SSSR count). The third-order valence-corrected chi connectivity index (χ3v) is 15.6. The minimum absolute atomic E-state index is 0.0537. The minimum atomic E-state index is -0.573. The molecule has 0 atom stereocenters. The lowest BCUT2D eigenvalue weighted by atomic mass is 10.1. The van der Waals surface area contributed by atoms with Crippen LogP contribution in [0, 0.1) is 10.8 Å². The molecule has 1 fully saturated rings. The minimum Gasteiger partial charge on any atom is -0.384 e. The lowest BCUT2D eigenvalue weighted by Gasteiger charge is -2.29. The van der Waals surface area contributed by atoms with Crippen LogP contribution in [0.2, 0.25) is 45.2 Å². The van der Waals surface area contributed by atoms with Crippen molar-refractivity contribution in [1.29, 1.82) is 10.8 Å². The monoisotopic (exact) mass is 1470 g/mol. The number of morpholine rings is 1. The number of amidine groups is 3. The average Bonchev–Trinajstić information content (AvgIpc) is 0.836. The molecular formula is C65H50Cl9N15O7. The fourth-order valence-electron chi connectivity index (χ4n) is 8.57. The lowest BCUT2D eigenvalue weighted by molar-refractivity contribution is 0.0680. The van der Waals surface area contributed by atoms with Crippen LogP contribution in [0.25, 0.3) is 0 Å². The molecule has 31 heteroatoms. The number of rotatable bonds is 15. The zero-order valence-corrected chi connectivity index (χ0v) is 56.4. The van der Waals surface area contributed by atoms with Gasteiger partial charge < -0.3 is 53.0 Å². The fourth-order valence-corrected chi connectivity index (χ4v) is 10.5. The van der Waals surface area contributed by atoms with Crippen molar-refractivity contribution in [1.82, 2.24) is 19.9 Å². The van der Waals surface area contributed by atoms with Crippen molar-refractivity contribution >= 4 is 192 Å². The molecular weight excluding hydrogens is 1420 g/mol. The number of anilines is 6. The number of hydrogen-bond acceptors (Lipinski definition) is 13. The van der Waals surface area contributed by atoms with E-state index in [2.05, 4.69) is 51.8 Å². The highest BCUT2D eigenvalue weighted by Gasteiger charge is 2.24. The highest BCUT2D eigenvalue weighted by Crippen LogP contribution is 2.35. The number of pyridine rings is 3. The molecule has 0 radical (unpaired) electrons. The van der Waals surface area contributed by atoms with E-state index in [4.69, 9.17) is 131 Å². The maximum atomic E-state index is 13.0. The number of nitrogens with one attached hydrogen (secondary N) is 8. The molecule has 6 aromatic carbocycles.